The van der Waals surface area contributed by atoms with Gasteiger partial charge in [0.1, 0.15) is 5.82 Å². The van der Waals surface area contributed by atoms with Gasteiger partial charge in [-0.05, 0) is 44.4 Å². The van der Waals surface area contributed by atoms with E-state index < -0.39 is 5.60 Å². The molecule has 0 bridgehead atoms. The second-order valence-electron chi connectivity index (χ2n) is 5.22. The Morgan fingerprint density at radius 3 is 2.71 bits per heavy atom. The molecule has 1 fully saturated rings. The number of hydrogen-bond acceptors (Lipinski definition) is 4. The number of aliphatic hydroxyl groups is 1. The number of nitrogens with zero attached hydrogens (tertiary/aromatic N) is 2. The van der Waals surface area contributed by atoms with Gasteiger partial charge in [-0.1, -0.05) is 0 Å². The predicted molar refractivity (Wildman–Crippen MR) is 68.9 cm³/mol. The van der Waals surface area contributed by atoms with E-state index in [0.717, 1.165) is 37.3 Å². The summed E-state index contributed by atoms with van der Waals surface area (Å²) in [6, 6.07) is 4.03. The summed E-state index contributed by atoms with van der Waals surface area (Å²) in [6.07, 6.45) is 3.38. The third-order valence-corrected chi connectivity index (χ3v) is 3.46. The molecule has 0 radical (unpaired) electrons. The normalized spacial score (nSPS) is 21.3. The molecule has 1 aliphatic heterocycles. The Labute approximate surface area is 102 Å². The number of piperidine rings is 1. The van der Waals surface area contributed by atoms with Gasteiger partial charge in [0.15, 0.2) is 0 Å². The summed E-state index contributed by atoms with van der Waals surface area (Å²) >= 11 is 0. The van der Waals surface area contributed by atoms with Crippen LogP contribution >= 0.6 is 0 Å². The molecule has 1 aromatic heterocycles. The second-order valence-corrected chi connectivity index (χ2v) is 5.22. The molecule has 1 aliphatic rings. The maximum atomic E-state index is 9.91. The number of anilines is 1. The summed E-state index contributed by atoms with van der Waals surface area (Å²) in [7, 11) is 0. The molecular weight excluding hydrogens is 214 g/mol. The smallest absolute Gasteiger partial charge is 0.128 e. The van der Waals surface area contributed by atoms with Gasteiger partial charge in [-0.2, -0.15) is 0 Å². The Balaban J connectivity index is 2.10. The zero-order valence-corrected chi connectivity index (χ0v) is 10.6. The molecule has 4 nitrogen and oxygen atoms in total. The Bertz CT molecular complexity index is 380. The predicted octanol–water partition coefficient (Wildman–Crippen LogP) is 1.45. The van der Waals surface area contributed by atoms with Crippen LogP contribution in [0.2, 0.25) is 0 Å². The molecule has 3 N–H and O–H groups in total. The van der Waals surface area contributed by atoms with Crippen molar-refractivity contribution in [3.8, 4) is 0 Å². The highest BCUT2D eigenvalue weighted by atomic mass is 16.3. The Kier molecular flexibility index (Phi) is 3.35. The molecule has 0 amide bonds. The molecule has 1 aromatic rings. The minimum atomic E-state index is -0.519. The molecular formula is C13H21N3O. The molecule has 2 heterocycles. The quantitative estimate of drug-likeness (QED) is 0.814. The van der Waals surface area contributed by atoms with E-state index in [1.165, 1.54) is 0 Å². The van der Waals surface area contributed by atoms with Gasteiger partial charge in [0.25, 0.3) is 0 Å². The van der Waals surface area contributed by atoms with Crippen molar-refractivity contribution in [1.82, 2.24) is 4.98 Å². The van der Waals surface area contributed by atoms with Gasteiger partial charge >= 0.3 is 0 Å². The molecule has 1 atom stereocenters. The highest BCUT2D eigenvalue weighted by Gasteiger charge is 2.27. The lowest BCUT2D eigenvalue weighted by molar-refractivity contribution is 0.0350. The lowest BCUT2D eigenvalue weighted by Gasteiger charge is -2.36. The number of pyridine rings is 1. The lowest BCUT2D eigenvalue weighted by atomic mass is 9.94. The van der Waals surface area contributed by atoms with Gasteiger partial charge in [-0.15, -0.1) is 0 Å². The maximum absolute atomic E-state index is 9.91. The topological polar surface area (TPSA) is 62.4 Å². The fourth-order valence-corrected chi connectivity index (χ4v) is 2.11. The highest BCUT2D eigenvalue weighted by molar-refractivity contribution is 5.42. The van der Waals surface area contributed by atoms with Crippen LogP contribution < -0.4 is 10.6 Å². The lowest BCUT2D eigenvalue weighted by Crippen LogP contribution is -2.42. The third kappa shape index (κ3) is 2.96. The number of nitrogens with two attached hydrogens (primary N) is 1. The Hall–Kier alpha value is -1.13. The van der Waals surface area contributed by atoms with Gasteiger partial charge < -0.3 is 15.7 Å². The molecule has 4 heteroatoms. The summed E-state index contributed by atoms with van der Waals surface area (Å²) < 4.78 is 0. The zero-order chi connectivity index (χ0) is 12.5. The summed E-state index contributed by atoms with van der Waals surface area (Å²) in [4.78, 5) is 6.59. The summed E-state index contributed by atoms with van der Waals surface area (Å²) in [5, 5.41) is 9.91. The van der Waals surface area contributed by atoms with E-state index in [1.807, 2.05) is 26.0 Å². The van der Waals surface area contributed by atoms with E-state index in [9.17, 15) is 5.11 Å². The monoisotopic (exact) mass is 235 g/mol. The fourth-order valence-electron chi connectivity index (χ4n) is 2.11. The third-order valence-electron chi connectivity index (χ3n) is 3.46. The van der Waals surface area contributed by atoms with Crippen LogP contribution in [-0.4, -0.2) is 28.8 Å². The van der Waals surface area contributed by atoms with Crippen LogP contribution in [0.15, 0.2) is 18.3 Å². The standard InChI is InChI=1S/C13H21N3O/c1-10(14)11-3-6-15-12(9-11)16-7-4-13(2,17)5-8-16/h3,6,9-10,17H,4-5,7-8,14H2,1-2H3/t10-/m0/s1. The summed E-state index contributed by atoms with van der Waals surface area (Å²) in [6.45, 7) is 5.57. The van der Waals surface area contributed by atoms with Crippen LogP contribution in [0.3, 0.4) is 0 Å². The van der Waals surface area contributed by atoms with E-state index in [-0.39, 0.29) is 6.04 Å². The molecule has 1 saturated heterocycles. The van der Waals surface area contributed by atoms with Gasteiger partial charge in [-0.3, -0.25) is 0 Å². The molecule has 94 valence electrons. The van der Waals surface area contributed by atoms with Gasteiger partial charge in [0.05, 0.1) is 5.60 Å². The van der Waals surface area contributed by atoms with Crippen molar-refractivity contribution in [2.45, 2.75) is 38.3 Å². The first-order valence-electron chi connectivity index (χ1n) is 6.17. The molecule has 0 aliphatic carbocycles. The molecule has 17 heavy (non-hydrogen) atoms. The van der Waals surface area contributed by atoms with Crippen molar-refractivity contribution in [1.29, 1.82) is 0 Å². The van der Waals surface area contributed by atoms with Gasteiger partial charge in [0.2, 0.25) is 0 Å². The van der Waals surface area contributed by atoms with Crippen LogP contribution in [0.1, 0.15) is 38.3 Å². The van der Waals surface area contributed by atoms with Crippen LogP contribution in [-0.2, 0) is 0 Å². The van der Waals surface area contributed by atoms with E-state index in [1.54, 1.807) is 6.20 Å². The van der Waals surface area contributed by atoms with Crippen LogP contribution in [0.25, 0.3) is 0 Å². The van der Waals surface area contributed by atoms with Crippen LogP contribution in [0.5, 0.6) is 0 Å². The average molecular weight is 235 g/mol. The average Bonchev–Trinajstić information content (AvgIpc) is 2.29. The van der Waals surface area contributed by atoms with Gasteiger partial charge in [-0.25, -0.2) is 4.98 Å². The molecule has 0 aromatic carbocycles. The van der Waals surface area contributed by atoms with Crippen molar-refractivity contribution in [3.63, 3.8) is 0 Å². The van der Waals surface area contributed by atoms with Crippen LogP contribution in [0.4, 0.5) is 5.82 Å². The van der Waals surface area contributed by atoms with Crippen molar-refractivity contribution in [3.05, 3.63) is 23.9 Å². The van der Waals surface area contributed by atoms with Crippen molar-refractivity contribution in [2.24, 2.45) is 5.73 Å². The minimum Gasteiger partial charge on any atom is -0.390 e. The molecule has 0 unspecified atom stereocenters. The number of hydrogen-bond donors (Lipinski definition) is 2. The first-order valence-corrected chi connectivity index (χ1v) is 6.17. The van der Waals surface area contributed by atoms with E-state index in [0.29, 0.717) is 0 Å². The number of aromatic nitrogens is 1. The summed E-state index contributed by atoms with van der Waals surface area (Å²) in [5.74, 6) is 0.968. The van der Waals surface area contributed by atoms with E-state index >= 15 is 0 Å². The molecule has 2 rings (SSSR count). The molecule has 0 saturated carbocycles. The first-order chi connectivity index (χ1) is 7.98. The summed E-state index contributed by atoms with van der Waals surface area (Å²) in [5.41, 5.74) is 6.45. The fraction of sp³-hybridized carbons (Fsp3) is 0.615. The van der Waals surface area contributed by atoms with Crippen LogP contribution in [0, 0.1) is 0 Å². The van der Waals surface area contributed by atoms with Gasteiger partial charge in [0, 0.05) is 25.3 Å². The van der Waals surface area contributed by atoms with Crippen molar-refractivity contribution in [2.75, 3.05) is 18.0 Å². The van der Waals surface area contributed by atoms with E-state index in [2.05, 4.69) is 9.88 Å². The SMILES string of the molecule is C[C@H](N)c1ccnc(N2CCC(C)(O)CC2)c1. The Morgan fingerprint density at radius 1 is 1.47 bits per heavy atom. The maximum Gasteiger partial charge on any atom is 0.128 e. The van der Waals surface area contributed by atoms with Crippen molar-refractivity contribution < 1.29 is 5.11 Å². The Morgan fingerprint density at radius 2 is 2.12 bits per heavy atom. The van der Waals surface area contributed by atoms with E-state index in [4.69, 9.17) is 5.73 Å². The number of rotatable bonds is 2. The minimum absolute atomic E-state index is 0.0321. The largest absolute Gasteiger partial charge is 0.390 e. The molecule has 0 spiro atoms. The highest BCUT2D eigenvalue weighted by Crippen LogP contribution is 2.25. The van der Waals surface area contributed by atoms with Crippen molar-refractivity contribution >= 4 is 5.82 Å². The second kappa shape index (κ2) is 4.63. The first kappa shape index (κ1) is 12.3. The zero-order valence-electron chi connectivity index (χ0n) is 10.6.